The highest BCUT2D eigenvalue weighted by Crippen LogP contribution is 2.31. The Kier molecular flexibility index (Phi) is 5.05. The standard InChI is InChI=1S/C16H23N5OS/c1-12(2)14-11-23-16(18-14)13-4-3-7-20(10-13)15(22)5-8-21-9-6-17-19-21/h6,9,11-13H,3-5,7-8,10H2,1-2H3. The number of aryl methyl sites for hydroxylation is 1. The van der Waals surface area contributed by atoms with Crippen LogP contribution in [0.15, 0.2) is 17.8 Å². The first-order valence-corrected chi connectivity index (χ1v) is 9.08. The van der Waals surface area contributed by atoms with E-state index in [-0.39, 0.29) is 5.91 Å². The predicted molar refractivity (Wildman–Crippen MR) is 89.4 cm³/mol. The van der Waals surface area contributed by atoms with Crippen molar-refractivity contribution in [2.75, 3.05) is 13.1 Å². The Balaban J connectivity index is 1.57. The van der Waals surface area contributed by atoms with Gasteiger partial charge in [-0.05, 0) is 18.8 Å². The van der Waals surface area contributed by atoms with Crippen molar-refractivity contribution in [1.82, 2.24) is 24.9 Å². The number of nitrogens with zero attached hydrogens (tertiary/aromatic N) is 5. The zero-order valence-corrected chi connectivity index (χ0v) is 14.5. The molecule has 0 bridgehead atoms. The van der Waals surface area contributed by atoms with E-state index in [2.05, 4.69) is 29.5 Å². The normalized spacial score (nSPS) is 18.6. The number of likely N-dealkylation sites (tertiary alicyclic amines) is 1. The van der Waals surface area contributed by atoms with Gasteiger partial charge in [0, 0.05) is 37.0 Å². The number of hydrogen-bond acceptors (Lipinski definition) is 5. The molecule has 0 aromatic carbocycles. The largest absolute Gasteiger partial charge is 0.342 e. The zero-order valence-electron chi connectivity index (χ0n) is 13.7. The van der Waals surface area contributed by atoms with Gasteiger partial charge in [-0.1, -0.05) is 19.1 Å². The average Bonchev–Trinajstić information content (AvgIpc) is 3.24. The van der Waals surface area contributed by atoms with Crippen molar-refractivity contribution >= 4 is 17.2 Å². The molecule has 0 radical (unpaired) electrons. The molecule has 3 rings (SSSR count). The van der Waals surface area contributed by atoms with E-state index in [1.165, 1.54) is 10.7 Å². The molecule has 0 aliphatic carbocycles. The Morgan fingerprint density at radius 2 is 2.35 bits per heavy atom. The molecule has 3 heterocycles. The van der Waals surface area contributed by atoms with Crippen LogP contribution >= 0.6 is 11.3 Å². The summed E-state index contributed by atoms with van der Waals surface area (Å²) in [5, 5.41) is 11.0. The fourth-order valence-corrected chi connectivity index (χ4v) is 3.99. The van der Waals surface area contributed by atoms with E-state index in [4.69, 9.17) is 4.98 Å². The Labute approximate surface area is 140 Å². The first kappa shape index (κ1) is 16.1. The van der Waals surface area contributed by atoms with E-state index < -0.39 is 0 Å². The highest BCUT2D eigenvalue weighted by atomic mass is 32.1. The number of hydrogen-bond donors (Lipinski definition) is 0. The summed E-state index contributed by atoms with van der Waals surface area (Å²) in [6.07, 6.45) is 6.07. The summed E-state index contributed by atoms with van der Waals surface area (Å²) in [4.78, 5) is 19.2. The maximum absolute atomic E-state index is 12.4. The van der Waals surface area contributed by atoms with Crippen LogP contribution in [0.4, 0.5) is 0 Å². The van der Waals surface area contributed by atoms with Crippen LogP contribution in [0.3, 0.4) is 0 Å². The second-order valence-corrected chi connectivity index (χ2v) is 7.25. The summed E-state index contributed by atoms with van der Waals surface area (Å²) in [6.45, 7) is 6.57. The molecule has 23 heavy (non-hydrogen) atoms. The molecule has 0 spiro atoms. The van der Waals surface area contributed by atoms with Gasteiger partial charge in [-0.25, -0.2) is 4.98 Å². The summed E-state index contributed by atoms with van der Waals surface area (Å²) >= 11 is 1.74. The Hall–Kier alpha value is -1.76. The Morgan fingerprint density at radius 1 is 1.48 bits per heavy atom. The number of carbonyl (C=O) groups excluding carboxylic acids is 1. The van der Waals surface area contributed by atoms with E-state index in [1.54, 1.807) is 28.4 Å². The maximum Gasteiger partial charge on any atom is 0.224 e. The van der Waals surface area contributed by atoms with Crippen LogP contribution in [-0.2, 0) is 11.3 Å². The van der Waals surface area contributed by atoms with Gasteiger partial charge in [-0.2, -0.15) is 0 Å². The van der Waals surface area contributed by atoms with Crippen LogP contribution in [0.1, 0.15) is 55.6 Å². The number of thiazole rings is 1. The van der Waals surface area contributed by atoms with Gasteiger partial charge in [0.2, 0.25) is 5.91 Å². The van der Waals surface area contributed by atoms with Crippen molar-refractivity contribution in [3.8, 4) is 0 Å². The summed E-state index contributed by atoms with van der Waals surface area (Å²) in [5.41, 5.74) is 1.17. The first-order chi connectivity index (χ1) is 11.1. The molecule has 1 unspecified atom stereocenters. The third kappa shape index (κ3) is 3.96. The summed E-state index contributed by atoms with van der Waals surface area (Å²) in [7, 11) is 0. The van der Waals surface area contributed by atoms with E-state index in [1.807, 2.05) is 4.90 Å². The topological polar surface area (TPSA) is 63.9 Å². The number of piperidine rings is 1. The molecule has 1 saturated heterocycles. The fourth-order valence-electron chi connectivity index (χ4n) is 2.88. The van der Waals surface area contributed by atoms with Crippen LogP contribution < -0.4 is 0 Å². The quantitative estimate of drug-likeness (QED) is 0.844. The van der Waals surface area contributed by atoms with Crippen molar-refractivity contribution in [3.05, 3.63) is 28.5 Å². The summed E-state index contributed by atoms with van der Waals surface area (Å²) < 4.78 is 1.70. The Bertz CT molecular complexity index is 637. The van der Waals surface area contributed by atoms with Crippen LogP contribution in [0.2, 0.25) is 0 Å². The molecule has 0 N–H and O–H groups in total. The molecular weight excluding hydrogens is 310 g/mol. The van der Waals surface area contributed by atoms with E-state index in [0.717, 1.165) is 25.9 Å². The molecule has 7 heteroatoms. The van der Waals surface area contributed by atoms with Crippen LogP contribution in [-0.4, -0.2) is 43.9 Å². The second kappa shape index (κ2) is 7.21. The van der Waals surface area contributed by atoms with Gasteiger partial charge in [0.15, 0.2) is 0 Å². The molecule has 1 amide bonds. The zero-order chi connectivity index (χ0) is 16.2. The van der Waals surface area contributed by atoms with Crippen molar-refractivity contribution in [3.63, 3.8) is 0 Å². The first-order valence-electron chi connectivity index (χ1n) is 8.20. The monoisotopic (exact) mass is 333 g/mol. The average molecular weight is 333 g/mol. The maximum atomic E-state index is 12.4. The molecule has 1 atom stereocenters. The van der Waals surface area contributed by atoms with E-state index in [9.17, 15) is 4.79 Å². The van der Waals surface area contributed by atoms with E-state index in [0.29, 0.717) is 24.8 Å². The molecule has 0 saturated carbocycles. The lowest BCUT2D eigenvalue weighted by atomic mass is 9.98. The molecule has 124 valence electrons. The third-order valence-electron chi connectivity index (χ3n) is 4.28. The second-order valence-electron chi connectivity index (χ2n) is 6.36. The fraction of sp³-hybridized carbons (Fsp3) is 0.625. The van der Waals surface area contributed by atoms with Gasteiger partial charge >= 0.3 is 0 Å². The van der Waals surface area contributed by atoms with Crippen molar-refractivity contribution in [2.45, 2.75) is 51.5 Å². The highest BCUT2D eigenvalue weighted by Gasteiger charge is 2.26. The number of amides is 1. The minimum absolute atomic E-state index is 0.200. The van der Waals surface area contributed by atoms with E-state index >= 15 is 0 Å². The SMILES string of the molecule is CC(C)c1csc(C2CCCN(C(=O)CCn3ccnn3)C2)n1. The molecule has 2 aromatic heterocycles. The van der Waals surface area contributed by atoms with Gasteiger partial charge in [0.25, 0.3) is 0 Å². The molecule has 2 aromatic rings. The molecule has 1 fully saturated rings. The molecular formula is C16H23N5OS. The van der Waals surface area contributed by atoms with Gasteiger partial charge in [0.05, 0.1) is 23.4 Å². The van der Waals surface area contributed by atoms with Gasteiger partial charge in [-0.15, -0.1) is 16.4 Å². The smallest absolute Gasteiger partial charge is 0.224 e. The minimum atomic E-state index is 0.200. The lowest BCUT2D eigenvalue weighted by Crippen LogP contribution is -2.39. The lowest BCUT2D eigenvalue weighted by molar-refractivity contribution is -0.132. The molecule has 1 aliphatic rings. The van der Waals surface area contributed by atoms with Crippen LogP contribution in [0.5, 0.6) is 0 Å². The summed E-state index contributed by atoms with van der Waals surface area (Å²) in [5.74, 6) is 1.05. The van der Waals surface area contributed by atoms with Gasteiger partial charge < -0.3 is 4.90 Å². The molecule has 6 nitrogen and oxygen atoms in total. The number of aromatic nitrogens is 4. The highest BCUT2D eigenvalue weighted by molar-refractivity contribution is 7.09. The van der Waals surface area contributed by atoms with Crippen molar-refractivity contribution < 1.29 is 4.79 Å². The van der Waals surface area contributed by atoms with Crippen molar-refractivity contribution in [1.29, 1.82) is 0 Å². The van der Waals surface area contributed by atoms with Crippen LogP contribution in [0.25, 0.3) is 0 Å². The lowest BCUT2D eigenvalue weighted by Gasteiger charge is -2.32. The van der Waals surface area contributed by atoms with Crippen LogP contribution in [0, 0.1) is 0 Å². The Morgan fingerprint density at radius 3 is 3.04 bits per heavy atom. The minimum Gasteiger partial charge on any atom is -0.342 e. The number of carbonyl (C=O) groups is 1. The van der Waals surface area contributed by atoms with Gasteiger partial charge in [-0.3, -0.25) is 9.48 Å². The van der Waals surface area contributed by atoms with Crippen molar-refractivity contribution in [2.24, 2.45) is 0 Å². The summed E-state index contributed by atoms with van der Waals surface area (Å²) in [6, 6.07) is 0. The van der Waals surface area contributed by atoms with Gasteiger partial charge in [0.1, 0.15) is 0 Å². The predicted octanol–water partition coefficient (Wildman–Crippen LogP) is 2.65. The number of rotatable bonds is 5. The molecule has 1 aliphatic heterocycles. The third-order valence-corrected chi connectivity index (χ3v) is 5.31.